The van der Waals surface area contributed by atoms with Crippen LogP contribution in [-0.2, 0) is 20.9 Å². The van der Waals surface area contributed by atoms with Crippen molar-refractivity contribution in [3.05, 3.63) is 60.7 Å². The molecule has 1 atom stereocenters. The Morgan fingerprint density at radius 1 is 1.08 bits per heavy atom. The van der Waals surface area contributed by atoms with Crippen LogP contribution in [0.1, 0.15) is 24.7 Å². The van der Waals surface area contributed by atoms with Crippen LogP contribution in [0.4, 0.5) is 5.69 Å². The number of aromatic nitrogens is 4. The van der Waals surface area contributed by atoms with Gasteiger partial charge in [-0.15, -0.1) is 0 Å². The van der Waals surface area contributed by atoms with Crippen molar-refractivity contribution in [3.8, 4) is 11.4 Å². The van der Waals surface area contributed by atoms with Gasteiger partial charge in [0.25, 0.3) is 0 Å². The van der Waals surface area contributed by atoms with Crippen LogP contribution in [0.3, 0.4) is 0 Å². The summed E-state index contributed by atoms with van der Waals surface area (Å²) in [6, 6.07) is 15.4. The molecule has 10 heteroatoms. The number of amides is 2. The Labute approximate surface area is 207 Å². The van der Waals surface area contributed by atoms with Crippen molar-refractivity contribution in [1.29, 1.82) is 0 Å². The van der Waals surface area contributed by atoms with Gasteiger partial charge >= 0.3 is 0 Å². The standard InChI is InChI=1S/C26H26N6O4/c33-23(30-10-12-35-13-11-30)8-9-31-17-27-21-14-18(6-7-22(21)31)25-28-26(36-29-25)19-15-24(34)32(16-19)20-4-2-1-3-5-20/h1-7,14,17,19H,8-13,15-16H2/t19-/m0/s1. The summed E-state index contributed by atoms with van der Waals surface area (Å²) in [5.74, 6) is 0.960. The third-order valence-electron chi connectivity index (χ3n) is 6.79. The number of morpholine rings is 1. The van der Waals surface area contributed by atoms with E-state index in [9.17, 15) is 9.59 Å². The smallest absolute Gasteiger partial charge is 0.232 e. The average molecular weight is 487 g/mol. The highest BCUT2D eigenvalue weighted by Gasteiger charge is 2.35. The minimum absolute atomic E-state index is 0.0463. The van der Waals surface area contributed by atoms with Gasteiger partial charge in [0.05, 0.1) is 36.5 Å². The highest BCUT2D eigenvalue weighted by Crippen LogP contribution is 2.32. The first kappa shape index (κ1) is 22.4. The first-order valence-corrected chi connectivity index (χ1v) is 12.2. The topological polar surface area (TPSA) is 107 Å². The monoisotopic (exact) mass is 486 g/mol. The third kappa shape index (κ3) is 4.35. The van der Waals surface area contributed by atoms with E-state index in [1.54, 1.807) is 11.2 Å². The van der Waals surface area contributed by atoms with E-state index in [2.05, 4.69) is 15.1 Å². The van der Waals surface area contributed by atoms with Gasteiger partial charge < -0.3 is 23.6 Å². The number of carbonyl (C=O) groups excluding carboxylic acids is 2. The summed E-state index contributed by atoms with van der Waals surface area (Å²) in [6.45, 7) is 3.58. The molecule has 0 unspecified atom stereocenters. The predicted octanol–water partition coefficient (Wildman–Crippen LogP) is 2.86. The second-order valence-electron chi connectivity index (χ2n) is 9.08. The number of hydrogen-bond donors (Lipinski definition) is 0. The lowest BCUT2D eigenvalue weighted by Gasteiger charge is -2.26. The molecule has 2 fully saturated rings. The van der Waals surface area contributed by atoms with Crippen LogP contribution in [0.5, 0.6) is 0 Å². The molecule has 0 N–H and O–H groups in total. The first-order valence-electron chi connectivity index (χ1n) is 12.2. The number of ether oxygens (including phenoxy) is 1. The number of carbonyl (C=O) groups is 2. The Morgan fingerprint density at radius 3 is 2.75 bits per heavy atom. The van der Waals surface area contributed by atoms with Crippen LogP contribution in [0.15, 0.2) is 59.4 Å². The molecule has 10 nitrogen and oxygen atoms in total. The lowest BCUT2D eigenvalue weighted by atomic mass is 10.1. The van der Waals surface area contributed by atoms with E-state index < -0.39 is 0 Å². The maximum Gasteiger partial charge on any atom is 0.232 e. The van der Waals surface area contributed by atoms with E-state index in [4.69, 9.17) is 9.26 Å². The van der Waals surface area contributed by atoms with Gasteiger partial charge in [-0.2, -0.15) is 4.98 Å². The maximum absolute atomic E-state index is 12.6. The second-order valence-corrected chi connectivity index (χ2v) is 9.08. The normalized spacial score (nSPS) is 18.3. The van der Waals surface area contributed by atoms with Crippen molar-refractivity contribution in [2.45, 2.75) is 25.3 Å². The summed E-state index contributed by atoms with van der Waals surface area (Å²) < 4.78 is 12.9. The molecule has 4 heterocycles. The number of para-hydroxylation sites is 1. The molecule has 2 aliphatic rings. The zero-order valence-electron chi connectivity index (χ0n) is 19.7. The fraction of sp³-hybridized carbons (Fsp3) is 0.346. The number of anilines is 1. The molecular weight excluding hydrogens is 460 g/mol. The number of hydrogen-bond acceptors (Lipinski definition) is 7. The molecule has 184 valence electrons. The molecule has 2 aromatic carbocycles. The molecular formula is C26H26N6O4. The molecule has 36 heavy (non-hydrogen) atoms. The second kappa shape index (κ2) is 9.54. The molecule has 0 radical (unpaired) electrons. The SMILES string of the molecule is O=C(CCn1cnc2cc(-c3noc([C@H]4CC(=O)N(c5ccccc5)C4)n3)ccc21)N1CCOCC1. The summed E-state index contributed by atoms with van der Waals surface area (Å²) in [4.78, 5) is 37.8. The van der Waals surface area contributed by atoms with Crippen LogP contribution in [0.25, 0.3) is 22.4 Å². The Balaban J connectivity index is 1.14. The third-order valence-corrected chi connectivity index (χ3v) is 6.79. The van der Waals surface area contributed by atoms with Gasteiger partial charge in [-0.05, 0) is 30.3 Å². The van der Waals surface area contributed by atoms with Crippen LogP contribution in [0.2, 0.25) is 0 Å². The molecule has 0 spiro atoms. The van der Waals surface area contributed by atoms with Gasteiger partial charge in [0.1, 0.15) is 0 Å². The average Bonchev–Trinajstić information content (AvgIpc) is 3.66. The molecule has 0 bridgehead atoms. The van der Waals surface area contributed by atoms with Crippen LogP contribution < -0.4 is 4.90 Å². The predicted molar refractivity (Wildman–Crippen MR) is 131 cm³/mol. The quantitative estimate of drug-likeness (QED) is 0.413. The van der Waals surface area contributed by atoms with Crippen molar-refractivity contribution >= 4 is 28.5 Å². The van der Waals surface area contributed by atoms with Crippen LogP contribution in [-0.4, -0.2) is 69.3 Å². The van der Waals surface area contributed by atoms with Crippen LogP contribution >= 0.6 is 0 Å². The summed E-state index contributed by atoms with van der Waals surface area (Å²) in [6.07, 6.45) is 2.51. The van der Waals surface area contributed by atoms with Crippen molar-refractivity contribution in [2.75, 3.05) is 37.7 Å². The van der Waals surface area contributed by atoms with E-state index in [1.807, 2.05) is 58.0 Å². The summed E-state index contributed by atoms with van der Waals surface area (Å²) >= 11 is 0. The molecule has 0 saturated carbocycles. The van der Waals surface area contributed by atoms with Crippen molar-refractivity contribution < 1.29 is 18.8 Å². The van der Waals surface area contributed by atoms with Gasteiger partial charge in [0, 0.05) is 50.3 Å². The number of benzene rings is 2. The summed E-state index contributed by atoms with van der Waals surface area (Å²) in [5.41, 5.74) is 3.40. The zero-order valence-corrected chi connectivity index (χ0v) is 19.7. The minimum atomic E-state index is -0.147. The first-order chi connectivity index (χ1) is 17.7. The summed E-state index contributed by atoms with van der Waals surface area (Å²) in [7, 11) is 0. The van der Waals surface area contributed by atoms with E-state index in [1.165, 1.54) is 0 Å². The largest absolute Gasteiger partial charge is 0.378 e. The molecule has 2 saturated heterocycles. The Hall–Kier alpha value is -4.05. The van der Waals surface area contributed by atoms with Gasteiger partial charge in [-0.3, -0.25) is 9.59 Å². The lowest BCUT2D eigenvalue weighted by Crippen LogP contribution is -2.40. The van der Waals surface area contributed by atoms with Crippen molar-refractivity contribution in [2.24, 2.45) is 0 Å². The number of imidazole rings is 1. The van der Waals surface area contributed by atoms with Gasteiger partial charge in [0.15, 0.2) is 0 Å². The minimum Gasteiger partial charge on any atom is -0.378 e. The number of rotatable bonds is 6. The number of aryl methyl sites for hydroxylation is 1. The molecule has 2 aromatic heterocycles. The van der Waals surface area contributed by atoms with Crippen LogP contribution in [0, 0.1) is 0 Å². The van der Waals surface area contributed by atoms with E-state index in [0.717, 1.165) is 22.3 Å². The highest BCUT2D eigenvalue weighted by molar-refractivity contribution is 5.96. The van der Waals surface area contributed by atoms with Crippen molar-refractivity contribution in [1.82, 2.24) is 24.6 Å². The molecule has 4 aromatic rings. The van der Waals surface area contributed by atoms with E-state index in [-0.39, 0.29) is 17.7 Å². The van der Waals surface area contributed by atoms with Gasteiger partial charge in [0.2, 0.25) is 23.5 Å². The molecule has 2 amide bonds. The highest BCUT2D eigenvalue weighted by atomic mass is 16.5. The molecule has 2 aliphatic heterocycles. The number of fused-ring (bicyclic) bond motifs is 1. The number of nitrogens with zero attached hydrogens (tertiary/aromatic N) is 6. The Morgan fingerprint density at radius 2 is 1.92 bits per heavy atom. The Kier molecular flexibility index (Phi) is 5.94. The summed E-state index contributed by atoms with van der Waals surface area (Å²) in [5, 5.41) is 4.17. The fourth-order valence-corrected chi connectivity index (χ4v) is 4.82. The lowest BCUT2D eigenvalue weighted by molar-refractivity contribution is -0.135. The fourth-order valence-electron chi connectivity index (χ4n) is 4.82. The Bertz CT molecular complexity index is 1390. The molecule has 0 aliphatic carbocycles. The van der Waals surface area contributed by atoms with E-state index >= 15 is 0 Å². The maximum atomic E-state index is 12.6. The van der Waals surface area contributed by atoms with E-state index in [0.29, 0.717) is 63.9 Å². The van der Waals surface area contributed by atoms with Gasteiger partial charge in [-0.1, -0.05) is 23.4 Å². The van der Waals surface area contributed by atoms with Gasteiger partial charge in [-0.25, -0.2) is 4.98 Å². The molecule has 6 rings (SSSR count). The zero-order chi connectivity index (χ0) is 24.5. The van der Waals surface area contributed by atoms with Crippen molar-refractivity contribution in [3.63, 3.8) is 0 Å².